The second kappa shape index (κ2) is 4.06. The summed E-state index contributed by atoms with van der Waals surface area (Å²) in [4.78, 5) is 2.66. The molecule has 86 valence electrons. The molecule has 0 aromatic carbocycles. The van der Waals surface area contributed by atoms with Gasteiger partial charge in [0.1, 0.15) is 0 Å². The van der Waals surface area contributed by atoms with Crippen molar-refractivity contribution in [2.75, 3.05) is 7.05 Å². The van der Waals surface area contributed by atoms with E-state index < -0.39 is 0 Å². The quantitative estimate of drug-likeness (QED) is 0.748. The molecule has 2 atom stereocenters. The van der Waals surface area contributed by atoms with Crippen LogP contribution in [0.1, 0.15) is 51.4 Å². The lowest BCUT2D eigenvalue weighted by Gasteiger charge is -2.48. The van der Waals surface area contributed by atoms with Crippen molar-refractivity contribution in [1.82, 2.24) is 10.2 Å². The van der Waals surface area contributed by atoms with E-state index in [-0.39, 0.29) is 0 Å². The number of rotatable bonds is 2. The lowest BCUT2D eigenvalue weighted by atomic mass is 9.81. The lowest BCUT2D eigenvalue weighted by Crippen LogP contribution is -2.56. The standard InChI is InChI=1S/C13H24N2/c1-15-12-6-3-7-13(15)9-11(8-12)14-10-4-2-5-10/h10-14H,2-9H2,1H3/t12-,13-/m0/s1. The van der Waals surface area contributed by atoms with Crippen LogP contribution in [0.3, 0.4) is 0 Å². The third-order valence-corrected chi connectivity index (χ3v) is 4.92. The number of hydrogen-bond acceptors (Lipinski definition) is 2. The van der Waals surface area contributed by atoms with E-state index in [1.807, 2.05) is 0 Å². The van der Waals surface area contributed by atoms with Gasteiger partial charge in [0.25, 0.3) is 0 Å². The normalized spacial score (nSPS) is 42.6. The smallest absolute Gasteiger partial charge is 0.0110 e. The first-order valence-corrected chi connectivity index (χ1v) is 6.81. The predicted molar refractivity (Wildman–Crippen MR) is 63.0 cm³/mol. The number of fused-ring (bicyclic) bond motifs is 2. The molecule has 3 fully saturated rings. The van der Waals surface area contributed by atoms with Gasteiger partial charge in [0, 0.05) is 24.2 Å². The molecule has 2 heterocycles. The van der Waals surface area contributed by atoms with Gasteiger partial charge in [-0.1, -0.05) is 12.8 Å². The Morgan fingerprint density at radius 1 is 0.867 bits per heavy atom. The van der Waals surface area contributed by atoms with Crippen molar-refractivity contribution in [1.29, 1.82) is 0 Å². The van der Waals surface area contributed by atoms with Gasteiger partial charge in [-0.15, -0.1) is 0 Å². The molecular formula is C13H24N2. The summed E-state index contributed by atoms with van der Waals surface area (Å²) in [5.74, 6) is 0. The van der Waals surface area contributed by atoms with Crippen molar-refractivity contribution in [3.63, 3.8) is 0 Å². The van der Waals surface area contributed by atoms with Crippen molar-refractivity contribution in [3.05, 3.63) is 0 Å². The topological polar surface area (TPSA) is 15.3 Å². The minimum absolute atomic E-state index is 0.835. The minimum atomic E-state index is 0.835. The van der Waals surface area contributed by atoms with Crippen LogP contribution in [0, 0.1) is 0 Å². The summed E-state index contributed by atoms with van der Waals surface area (Å²) in [5, 5.41) is 3.88. The van der Waals surface area contributed by atoms with E-state index in [0.29, 0.717) is 0 Å². The zero-order chi connectivity index (χ0) is 10.3. The SMILES string of the molecule is CN1[C@H]2CCC[C@H]1CC(NC1CCC1)C2. The molecule has 1 aliphatic carbocycles. The van der Waals surface area contributed by atoms with E-state index in [1.54, 1.807) is 0 Å². The zero-order valence-electron chi connectivity index (χ0n) is 9.91. The Morgan fingerprint density at radius 2 is 1.47 bits per heavy atom. The average molecular weight is 208 g/mol. The Morgan fingerprint density at radius 3 is 2.00 bits per heavy atom. The summed E-state index contributed by atoms with van der Waals surface area (Å²) < 4.78 is 0. The molecule has 3 aliphatic rings. The fraction of sp³-hybridized carbons (Fsp3) is 1.00. The fourth-order valence-corrected chi connectivity index (χ4v) is 3.66. The molecule has 3 rings (SSSR count). The second-order valence-electron chi connectivity index (χ2n) is 5.87. The highest BCUT2D eigenvalue weighted by atomic mass is 15.2. The first-order chi connectivity index (χ1) is 7.33. The third kappa shape index (κ3) is 1.94. The van der Waals surface area contributed by atoms with E-state index >= 15 is 0 Å². The van der Waals surface area contributed by atoms with Gasteiger partial charge in [0.2, 0.25) is 0 Å². The van der Waals surface area contributed by atoms with Crippen LogP contribution in [0.4, 0.5) is 0 Å². The van der Waals surface area contributed by atoms with Crippen LogP contribution in [-0.2, 0) is 0 Å². The number of piperidine rings is 2. The average Bonchev–Trinajstić information content (AvgIpc) is 2.12. The summed E-state index contributed by atoms with van der Waals surface area (Å²) in [7, 11) is 2.34. The van der Waals surface area contributed by atoms with E-state index in [1.165, 1.54) is 51.4 Å². The Hall–Kier alpha value is -0.0800. The van der Waals surface area contributed by atoms with Crippen molar-refractivity contribution in [3.8, 4) is 0 Å². The van der Waals surface area contributed by atoms with Crippen molar-refractivity contribution in [2.24, 2.45) is 0 Å². The summed E-state index contributed by atoms with van der Waals surface area (Å²) >= 11 is 0. The Labute approximate surface area is 93.4 Å². The molecule has 2 heteroatoms. The van der Waals surface area contributed by atoms with Crippen LogP contribution in [0.15, 0.2) is 0 Å². The predicted octanol–water partition coefficient (Wildman–Crippen LogP) is 2.14. The summed E-state index contributed by atoms with van der Waals surface area (Å²) in [6.45, 7) is 0. The molecule has 2 bridgehead atoms. The van der Waals surface area contributed by atoms with Crippen LogP contribution in [-0.4, -0.2) is 36.1 Å². The third-order valence-electron chi connectivity index (χ3n) is 4.92. The molecule has 2 nitrogen and oxygen atoms in total. The first-order valence-electron chi connectivity index (χ1n) is 6.81. The second-order valence-corrected chi connectivity index (χ2v) is 5.87. The summed E-state index contributed by atoms with van der Waals surface area (Å²) in [5.41, 5.74) is 0. The Balaban J connectivity index is 1.58. The Kier molecular flexibility index (Phi) is 2.73. The molecule has 2 saturated heterocycles. The van der Waals surface area contributed by atoms with Crippen LogP contribution in [0.5, 0.6) is 0 Å². The molecule has 0 amide bonds. The van der Waals surface area contributed by atoms with E-state index in [4.69, 9.17) is 0 Å². The van der Waals surface area contributed by atoms with E-state index in [9.17, 15) is 0 Å². The highest BCUT2D eigenvalue weighted by Gasteiger charge is 2.36. The van der Waals surface area contributed by atoms with Gasteiger partial charge in [-0.05, 0) is 45.6 Å². The first kappa shape index (κ1) is 10.1. The zero-order valence-corrected chi connectivity index (χ0v) is 9.91. The molecule has 0 aromatic heterocycles. The van der Waals surface area contributed by atoms with Gasteiger partial charge in [0.05, 0.1) is 0 Å². The largest absolute Gasteiger partial charge is 0.311 e. The fourth-order valence-electron chi connectivity index (χ4n) is 3.66. The van der Waals surface area contributed by atoms with E-state index in [0.717, 1.165) is 24.2 Å². The van der Waals surface area contributed by atoms with E-state index in [2.05, 4.69) is 17.3 Å². The number of nitrogens with one attached hydrogen (secondary N) is 1. The van der Waals surface area contributed by atoms with Crippen LogP contribution < -0.4 is 5.32 Å². The minimum Gasteiger partial charge on any atom is -0.311 e. The molecule has 1 saturated carbocycles. The lowest BCUT2D eigenvalue weighted by molar-refractivity contribution is 0.0428. The van der Waals surface area contributed by atoms with Crippen molar-refractivity contribution in [2.45, 2.75) is 75.5 Å². The maximum absolute atomic E-state index is 3.88. The Bertz CT molecular complexity index is 211. The molecule has 1 N–H and O–H groups in total. The maximum atomic E-state index is 3.88. The van der Waals surface area contributed by atoms with Gasteiger partial charge in [-0.2, -0.15) is 0 Å². The highest BCUT2D eigenvalue weighted by Crippen LogP contribution is 2.33. The molecule has 15 heavy (non-hydrogen) atoms. The molecular weight excluding hydrogens is 184 g/mol. The van der Waals surface area contributed by atoms with Gasteiger partial charge in [-0.3, -0.25) is 0 Å². The van der Waals surface area contributed by atoms with Crippen LogP contribution in [0.25, 0.3) is 0 Å². The molecule has 0 radical (unpaired) electrons. The summed E-state index contributed by atoms with van der Waals surface area (Å²) in [6.07, 6.45) is 11.5. The molecule has 2 aliphatic heterocycles. The van der Waals surface area contributed by atoms with Crippen LogP contribution >= 0.6 is 0 Å². The van der Waals surface area contributed by atoms with Crippen LogP contribution in [0.2, 0.25) is 0 Å². The molecule has 0 aromatic rings. The number of nitrogens with zero attached hydrogens (tertiary/aromatic N) is 1. The van der Waals surface area contributed by atoms with Gasteiger partial charge >= 0.3 is 0 Å². The molecule has 0 unspecified atom stereocenters. The van der Waals surface area contributed by atoms with Gasteiger partial charge < -0.3 is 10.2 Å². The van der Waals surface area contributed by atoms with Crippen molar-refractivity contribution < 1.29 is 0 Å². The van der Waals surface area contributed by atoms with Gasteiger partial charge in [-0.25, -0.2) is 0 Å². The maximum Gasteiger partial charge on any atom is 0.0110 e. The monoisotopic (exact) mass is 208 g/mol. The number of hydrogen-bond donors (Lipinski definition) is 1. The molecule has 0 spiro atoms. The summed E-state index contributed by atoms with van der Waals surface area (Å²) in [6, 6.07) is 3.48. The van der Waals surface area contributed by atoms with Crippen molar-refractivity contribution >= 4 is 0 Å². The van der Waals surface area contributed by atoms with Gasteiger partial charge in [0.15, 0.2) is 0 Å². The highest BCUT2D eigenvalue weighted by molar-refractivity contribution is 4.95.